The summed E-state index contributed by atoms with van der Waals surface area (Å²) in [7, 11) is 3.04. The van der Waals surface area contributed by atoms with E-state index in [1.54, 1.807) is 18.2 Å². The molecule has 0 aliphatic rings. The van der Waals surface area contributed by atoms with Crippen LogP contribution in [-0.4, -0.2) is 30.2 Å². The van der Waals surface area contributed by atoms with Crippen LogP contribution in [0.3, 0.4) is 0 Å². The molecule has 8 heteroatoms. The summed E-state index contributed by atoms with van der Waals surface area (Å²) < 4.78 is 16.4. The van der Waals surface area contributed by atoms with Crippen LogP contribution in [0.2, 0.25) is 0 Å². The maximum absolute atomic E-state index is 12.7. The van der Waals surface area contributed by atoms with Gasteiger partial charge in [-0.25, -0.2) is 4.98 Å². The largest absolute Gasteiger partial charge is 0.497 e. The average molecular weight is 484 g/mol. The number of aromatic nitrogens is 1. The van der Waals surface area contributed by atoms with Crippen LogP contribution in [0.15, 0.2) is 83.3 Å². The van der Waals surface area contributed by atoms with Crippen molar-refractivity contribution < 1.29 is 18.7 Å². The summed E-state index contributed by atoms with van der Waals surface area (Å²) in [5, 5.41) is 8.11. The van der Waals surface area contributed by atoms with Crippen molar-refractivity contribution >= 4 is 50.8 Å². The Labute approximate surface area is 206 Å². The van der Waals surface area contributed by atoms with Crippen LogP contribution in [0.25, 0.3) is 33.3 Å². The summed E-state index contributed by atoms with van der Waals surface area (Å²) in [6.45, 7) is 0. The van der Waals surface area contributed by atoms with E-state index in [2.05, 4.69) is 33.8 Å². The molecule has 0 atom stereocenters. The third-order valence-electron chi connectivity index (χ3n) is 5.48. The predicted molar refractivity (Wildman–Crippen MR) is 140 cm³/mol. The number of carbonyl (C=O) groups is 1. The molecular weight excluding hydrogens is 462 g/mol. The fourth-order valence-corrected chi connectivity index (χ4v) is 3.94. The first-order valence-corrected chi connectivity index (χ1v) is 11.2. The second kappa shape index (κ2) is 9.44. The first-order valence-electron chi connectivity index (χ1n) is 10.8. The van der Waals surface area contributed by atoms with E-state index >= 15 is 0 Å². The van der Waals surface area contributed by atoms with Crippen molar-refractivity contribution in [3.8, 4) is 23.0 Å². The Morgan fingerprint density at radius 1 is 0.886 bits per heavy atom. The molecule has 0 fully saturated rings. The number of amides is 1. The Balaban J connectivity index is 1.32. The summed E-state index contributed by atoms with van der Waals surface area (Å²) in [6, 6.07) is 24.6. The van der Waals surface area contributed by atoms with Gasteiger partial charge in [0.2, 0.25) is 5.89 Å². The number of carbonyl (C=O) groups excluding carboxylic acids is 1. The van der Waals surface area contributed by atoms with Gasteiger partial charge in [-0.05, 0) is 65.5 Å². The van der Waals surface area contributed by atoms with Crippen LogP contribution >= 0.6 is 12.2 Å². The highest BCUT2D eigenvalue weighted by Gasteiger charge is 2.13. The Hall–Kier alpha value is -4.43. The number of anilines is 1. The van der Waals surface area contributed by atoms with Crippen LogP contribution < -0.4 is 20.1 Å². The van der Waals surface area contributed by atoms with E-state index in [1.807, 2.05) is 42.5 Å². The van der Waals surface area contributed by atoms with Gasteiger partial charge in [0.15, 0.2) is 10.7 Å². The number of nitrogens with zero attached hydrogens (tertiary/aromatic N) is 1. The van der Waals surface area contributed by atoms with Crippen LogP contribution in [0.4, 0.5) is 5.69 Å². The predicted octanol–water partition coefficient (Wildman–Crippen LogP) is 5.79. The van der Waals surface area contributed by atoms with Crippen LogP contribution in [0.5, 0.6) is 11.5 Å². The summed E-state index contributed by atoms with van der Waals surface area (Å²) in [4.78, 5) is 17.3. The Morgan fingerprint density at radius 2 is 1.63 bits per heavy atom. The van der Waals surface area contributed by atoms with Crippen molar-refractivity contribution in [3.63, 3.8) is 0 Å². The first kappa shape index (κ1) is 22.4. The number of ether oxygens (including phenoxy) is 2. The lowest BCUT2D eigenvalue weighted by atomic mass is 10.1. The second-order valence-electron chi connectivity index (χ2n) is 7.77. The quantitative estimate of drug-likeness (QED) is 0.306. The molecule has 7 nitrogen and oxygen atoms in total. The van der Waals surface area contributed by atoms with E-state index in [1.165, 1.54) is 14.2 Å². The Bertz CT molecular complexity index is 1560. The van der Waals surface area contributed by atoms with Crippen LogP contribution in [0.1, 0.15) is 10.4 Å². The second-order valence-corrected chi connectivity index (χ2v) is 8.18. The molecule has 5 rings (SSSR count). The van der Waals surface area contributed by atoms with Crippen molar-refractivity contribution in [2.75, 3.05) is 19.5 Å². The van der Waals surface area contributed by atoms with E-state index in [0.717, 1.165) is 16.3 Å². The number of methoxy groups -OCH3 is 2. The van der Waals surface area contributed by atoms with Crippen molar-refractivity contribution in [3.05, 3.63) is 84.4 Å². The summed E-state index contributed by atoms with van der Waals surface area (Å²) in [6.07, 6.45) is 0. The molecule has 1 heterocycles. The number of nitrogens with one attached hydrogen (secondary N) is 2. The van der Waals surface area contributed by atoms with Crippen molar-refractivity contribution in [1.29, 1.82) is 0 Å². The summed E-state index contributed by atoms with van der Waals surface area (Å²) in [5.74, 6) is 1.16. The molecular formula is C27H21N3O4S. The number of fused-ring (bicyclic) bond motifs is 2. The fourth-order valence-electron chi connectivity index (χ4n) is 3.73. The minimum Gasteiger partial charge on any atom is -0.497 e. The third kappa shape index (κ3) is 4.78. The highest BCUT2D eigenvalue weighted by molar-refractivity contribution is 7.80. The van der Waals surface area contributed by atoms with Crippen LogP contribution in [-0.2, 0) is 0 Å². The van der Waals surface area contributed by atoms with Gasteiger partial charge in [-0.2, -0.15) is 0 Å². The number of thiocarbonyl (C=S) groups is 1. The molecule has 4 aromatic carbocycles. The molecule has 2 N–H and O–H groups in total. The summed E-state index contributed by atoms with van der Waals surface area (Å²) >= 11 is 5.33. The topological polar surface area (TPSA) is 85.6 Å². The van der Waals surface area contributed by atoms with Crippen LogP contribution in [0, 0.1) is 0 Å². The zero-order valence-corrected chi connectivity index (χ0v) is 19.8. The van der Waals surface area contributed by atoms with Gasteiger partial charge in [-0.3, -0.25) is 10.1 Å². The van der Waals surface area contributed by atoms with Gasteiger partial charge in [0.25, 0.3) is 5.91 Å². The number of hydrogen-bond acceptors (Lipinski definition) is 6. The zero-order valence-electron chi connectivity index (χ0n) is 19.0. The lowest BCUT2D eigenvalue weighted by Gasteiger charge is -2.11. The third-order valence-corrected chi connectivity index (χ3v) is 5.69. The molecule has 35 heavy (non-hydrogen) atoms. The summed E-state index contributed by atoms with van der Waals surface area (Å²) in [5.41, 5.74) is 3.24. The van der Waals surface area contributed by atoms with Gasteiger partial charge in [-0.15, -0.1) is 0 Å². The number of rotatable bonds is 5. The van der Waals surface area contributed by atoms with E-state index in [4.69, 9.17) is 26.1 Å². The van der Waals surface area contributed by atoms with Gasteiger partial charge in [0, 0.05) is 22.9 Å². The SMILES string of the molecule is COc1cc(OC)cc(C(=O)NC(=S)Nc2ccc3oc(-c4ccc5ccccc5c4)nc3c2)c1. The molecule has 5 aromatic rings. The van der Waals surface area contributed by atoms with E-state index in [0.29, 0.717) is 39.7 Å². The van der Waals surface area contributed by atoms with Gasteiger partial charge in [0.05, 0.1) is 14.2 Å². The van der Waals surface area contributed by atoms with E-state index < -0.39 is 0 Å². The minimum absolute atomic E-state index is 0.148. The van der Waals surface area contributed by atoms with E-state index in [9.17, 15) is 4.79 Å². The first-order chi connectivity index (χ1) is 17.0. The molecule has 0 spiro atoms. The Morgan fingerprint density at radius 3 is 2.37 bits per heavy atom. The number of benzene rings is 4. The Kier molecular flexibility index (Phi) is 6.03. The van der Waals surface area contributed by atoms with Crippen molar-refractivity contribution in [2.45, 2.75) is 0 Å². The maximum Gasteiger partial charge on any atom is 0.257 e. The fraction of sp³-hybridized carbons (Fsp3) is 0.0741. The molecule has 1 amide bonds. The highest BCUT2D eigenvalue weighted by atomic mass is 32.1. The van der Waals surface area contributed by atoms with Gasteiger partial charge < -0.3 is 19.2 Å². The molecule has 0 bridgehead atoms. The lowest BCUT2D eigenvalue weighted by molar-refractivity contribution is 0.0977. The molecule has 0 saturated heterocycles. The maximum atomic E-state index is 12.7. The monoisotopic (exact) mass is 483 g/mol. The molecule has 0 aliphatic carbocycles. The van der Waals surface area contributed by atoms with Gasteiger partial charge in [0.1, 0.15) is 17.0 Å². The average Bonchev–Trinajstić information content (AvgIpc) is 3.31. The van der Waals surface area contributed by atoms with E-state index in [-0.39, 0.29) is 11.0 Å². The van der Waals surface area contributed by atoms with Crippen molar-refractivity contribution in [1.82, 2.24) is 10.3 Å². The zero-order chi connectivity index (χ0) is 24.4. The molecule has 174 valence electrons. The lowest BCUT2D eigenvalue weighted by Crippen LogP contribution is -2.34. The molecule has 0 saturated carbocycles. The minimum atomic E-state index is -0.388. The van der Waals surface area contributed by atoms with Gasteiger partial charge in [-0.1, -0.05) is 30.3 Å². The van der Waals surface area contributed by atoms with Gasteiger partial charge >= 0.3 is 0 Å². The molecule has 0 unspecified atom stereocenters. The normalized spacial score (nSPS) is 10.8. The number of oxazole rings is 1. The smallest absolute Gasteiger partial charge is 0.257 e. The number of hydrogen-bond donors (Lipinski definition) is 2. The molecule has 0 radical (unpaired) electrons. The molecule has 1 aromatic heterocycles. The molecule has 0 aliphatic heterocycles. The van der Waals surface area contributed by atoms with Crippen molar-refractivity contribution in [2.24, 2.45) is 0 Å². The standard InChI is InChI=1S/C27H21N3O4S/c1-32-21-12-19(13-22(15-21)33-2)25(31)30-27(35)28-20-9-10-24-23(14-20)29-26(34-24)18-8-7-16-5-3-4-6-17(16)11-18/h3-15H,1-2H3,(H2,28,30,31,35). The highest BCUT2D eigenvalue weighted by Crippen LogP contribution is 2.28.